The third kappa shape index (κ3) is 5.17. The van der Waals surface area contributed by atoms with Crippen LogP contribution in [-0.4, -0.2) is 44.4 Å². The first-order valence-corrected chi connectivity index (χ1v) is 7.89. The molecule has 0 N–H and O–H groups in total. The van der Waals surface area contributed by atoms with E-state index in [4.69, 9.17) is 9.47 Å². The van der Waals surface area contributed by atoms with E-state index in [1.165, 1.54) is 36.3 Å². The minimum Gasteiger partial charge on any atom is -0.494 e. The summed E-state index contributed by atoms with van der Waals surface area (Å²) in [7, 11) is 4.66. The van der Waals surface area contributed by atoms with E-state index in [-0.39, 0.29) is 24.0 Å². The Balaban J connectivity index is 2.06. The normalized spacial score (nSPS) is 10.6. The third-order valence-electron chi connectivity index (χ3n) is 3.58. The topological polar surface area (TPSA) is 55.8 Å². The molecule has 5 nitrogen and oxygen atoms in total. The van der Waals surface area contributed by atoms with Crippen molar-refractivity contribution in [3.63, 3.8) is 0 Å². The van der Waals surface area contributed by atoms with Gasteiger partial charge in [0.1, 0.15) is 5.75 Å². The molecule has 0 aliphatic carbocycles. The highest BCUT2D eigenvalue weighted by Gasteiger charge is 2.08. The lowest BCUT2D eigenvalue weighted by Crippen LogP contribution is -2.27. The number of rotatable bonds is 7. The molecule has 0 fully saturated rings. The van der Waals surface area contributed by atoms with Crippen LogP contribution in [0, 0.1) is 5.82 Å². The first-order chi connectivity index (χ1) is 12.4. The molecule has 6 heteroatoms. The van der Waals surface area contributed by atoms with Crippen LogP contribution in [-0.2, 0) is 4.79 Å². The molecule has 136 valence electrons. The minimum atomic E-state index is -0.497. The zero-order chi connectivity index (χ0) is 19.1. The highest BCUT2D eigenvalue weighted by molar-refractivity contribution is 6.07. The second-order valence-electron chi connectivity index (χ2n) is 5.70. The number of hydrogen-bond acceptors (Lipinski definition) is 4. The molecule has 0 atom stereocenters. The van der Waals surface area contributed by atoms with Crippen LogP contribution in [0.3, 0.4) is 0 Å². The van der Waals surface area contributed by atoms with Gasteiger partial charge in [0, 0.05) is 19.7 Å². The number of halogens is 1. The van der Waals surface area contributed by atoms with Gasteiger partial charge in [-0.05, 0) is 35.9 Å². The van der Waals surface area contributed by atoms with Crippen LogP contribution in [0.25, 0.3) is 6.08 Å². The summed E-state index contributed by atoms with van der Waals surface area (Å²) < 4.78 is 23.9. The summed E-state index contributed by atoms with van der Waals surface area (Å²) >= 11 is 0. The summed E-state index contributed by atoms with van der Waals surface area (Å²) in [6.45, 7) is -0.106. The first-order valence-electron chi connectivity index (χ1n) is 7.89. The lowest BCUT2D eigenvalue weighted by Gasteiger charge is -2.11. The van der Waals surface area contributed by atoms with Gasteiger partial charge in [0.05, 0.1) is 7.11 Å². The third-order valence-corrected chi connectivity index (χ3v) is 3.58. The average molecular weight is 357 g/mol. The molecule has 0 saturated carbocycles. The molecule has 0 heterocycles. The number of methoxy groups -OCH3 is 1. The van der Waals surface area contributed by atoms with Gasteiger partial charge >= 0.3 is 0 Å². The number of ketones is 1. The van der Waals surface area contributed by atoms with Gasteiger partial charge in [-0.1, -0.05) is 24.3 Å². The van der Waals surface area contributed by atoms with Crippen LogP contribution in [0.15, 0.2) is 48.5 Å². The summed E-state index contributed by atoms with van der Waals surface area (Å²) in [6, 6.07) is 11.0. The molecule has 0 aliphatic heterocycles. The predicted molar refractivity (Wildman–Crippen MR) is 96.9 cm³/mol. The number of ether oxygens (including phenoxy) is 2. The van der Waals surface area contributed by atoms with Crippen LogP contribution < -0.4 is 9.47 Å². The number of likely N-dealkylation sites (N-methyl/N-ethyl adjacent to an activating group) is 1. The second-order valence-corrected chi connectivity index (χ2v) is 5.70. The molecule has 0 saturated heterocycles. The maximum absolute atomic E-state index is 13.7. The molecule has 2 rings (SSSR count). The number of hydrogen-bond donors (Lipinski definition) is 0. The predicted octanol–water partition coefficient (Wildman–Crippen LogP) is 3.20. The van der Waals surface area contributed by atoms with Gasteiger partial charge < -0.3 is 14.4 Å². The van der Waals surface area contributed by atoms with Crippen molar-refractivity contribution in [2.75, 3.05) is 27.8 Å². The van der Waals surface area contributed by atoms with Crippen molar-refractivity contribution < 1.29 is 23.5 Å². The zero-order valence-electron chi connectivity index (χ0n) is 14.9. The van der Waals surface area contributed by atoms with Gasteiger partial charge in [-0.2, -0.15) is 0 Å². The molecule has 2 aromatic rings. The van der Waals surface area contributed by atoms with Crippen LogP contribution in [0.5, 0.6) is 11.5 Å². The van der Waals surface area contributed by atoms with Crippen LogP contribution in [0.2, 0.25) is 0 Å². The highest BCUT2D eigenvalue weighted by Crippen LogP contribution is 2.19. The largest absolute Gasteiger partial charge is 0.494 e. The van der Waals surface area contributed by atoms with E-state index in [1.807, 2.05) is 0 Å². The molecule has 0 aliphatic rings. The van der Waals surface area contributed by atoms with Crippen LogP contribution >= 0.6 is 0 Å². The van der Waals surface area contributed by atoms with Crippen molar-refractivity contribution in [2.24, 2.45) is 0 Å². The van der Waals surface area contributed by atoms with Crippen molar-refractivity contribution in [3.05, 3.63) is 65.5 Å². The Kier molecular flexibility index (Phi) is 6.49. The van der Waals surface area contributed by atoms with E-state index in [1.54, 1.807) is 44.4 Å². The lowest BCUT2D eigenvalue weighted by atomic mass is 10.1. The second kappa shape index (κ2) is 8.80. The van der Waals surface area contributed by atoms with Crippen molar-refractivity contribution in [1.82, 2.24) is 4.90 Å². The molecule has 26 heavy (non-hydrogen) atoms. The lowest BCUT2D eigenvalue weighted by molar-refractivity contribution is -0.130. The van der Waals surface area contributed by atoms with Crippen LogP contribution in [0.1, 0.15) is 15.9 Å². The quantitative estimate of drug-likeness (QED) is 0.564. The summed E-state index contributed by atoms with van der Waals surface area (Å²) in [4.78, 5) is 25.3. The van der Waals surface area contributed by atoms with Crippen LogP contribution in [0.4, 0.5) is 4.39 Å². The number of carbonyl (C=O) groups is 2. The Hall–Kier alpha value is -3.15. The molecule has 0 bridgehead atoms. The average Bonchev–Trinajstić information content (AvgIpc) is 2.64. The standard InChI is InChI=1S/C20H20FNO4/c1-22(2)20(24)13-26-16-6-4-5-15(12-16)18(23)9-7-14-8-10-19(25-3)17(21)11-14/h4-12H,13H2,1-3H3. The van der Waals surface area contributed by atoms with Crippen molar-refractivity contribution >= 4 is 17.8 Å². The zero-order valence-corrected chi connectivity index (χ0v) is 14.9. The number of amides is 1. The maximum Gasteiger partial charge on any atom is 0.259 e. The van der Waals surface area contributed by atoms with Gasteiger partial charge in [-0.15, -0.1) is 0 Å². The fourth-order valence-corrected chi connectivity index (χ4v) is 2.07. The number of benzene rings is 2. The van der Waals surface area contributed by atoms with Gasteiger partial charge in [-0.25, -0.2) is 4.39 Å². The van der Waals surface area contributed by atoms with Gasteiger partial charge in [-0.3, -0.25) is 9.59 Å². The van der Waals surface area contributed by atoms with Crippen molar-refractivity contribution in [1.29, 1.82) is 0 Å². The molecule has 0 spiro atoms. The summed E-state index contributed by atoms with van der Waals surface area (Å²) in [6.07, 6.45) is 2.87. The van der Waals surface area contributed by atoms with Gasteiger partial charge in [0.2, 0.25) is 0 Å². The molecule has 0 radical (unpaired) electrons. The Morgan fingerprint density at radius 3 is 2.58 bits per heavy atom. The Labute approximate surface area is 151 Å². The van der Waals surface area contributed by atoms with E-state index < -0.39 is 5.82 Å². The van der Waals surface area contributed by atoms with E-state index >= 15 is 0 Å². The molecule has 0 unspecified atom stereocenters. The maximum atomic E-state index is 13.7. The van der Waals surface area contributed by atoms with Crippen molar-refractivity contribution in [2.45, 2.75) is 0 Å². The molecule has 1 amide bonds. The highest BCUT2D eigenvalue weighted by atomic mass is 19.1. The van der Waals surface area contributed by atoms with Gasteiger partial charge in [0.25, 0.3) is 5.91 Å². The summed E-state index contributed by atoms with van der Waals surface area (Å²) in [5.74, 6) is -0.364. The fraction of sp³-hybridized carbons (Fsp3) is 0.200. The molecular weight excluding hydrogens is 337 g/mol. The Morgan fingerprint density at radius 2 is 1.92 bits per heavy atom. The number of carbonyl (C=O) groups excluding carboxylic acids is 2. The van der Waals surface area contributed by atoms with Crippen molar-refractivity contribution in [3.8, 4) is 11.5 Å². The Morgan fingerprint density at radius 1 is 1.15 bits per heavy atom. The smallest absolute Gasteiger partial charge is 0.259 e. The van der Waals surface area contributed by atoms with E-state index in [2.05, 4.69) is 0 Å². The van der Waals surface area contributed by atoms with E-state index in [9.17, 15) is 14.0 Å². The Bertz CT molecular complexity index is 830. The summed E-state index contributed by atoms with van der Waals surface area (Å²) in [5, 5.41) is 0. The number of allylic oxidation sites excluding steroid dienone is 1. The monoisotopic (exact) mass is 357 g/mol. The molecule has 2 aromatic carbocycles. The first kappa shape index (κ1) is 19.2. The van der Waals surface area contributed by atoms with E-state index in [0.717, 1.165) is 0 Å². The summed E-state index contributed by atoms with van der Waals surface area (Å²) in [5.41, 5.74) is 0.950. The van der Waals surface area contributed by atoms with E-state index in [0.29, 0.717) is 16.9 Å². The SMILES string of the molecule is COc1ccc(C=CC(=O)c2cccc(OCC(=O)N(C)C)c2)cc1F. The fourth-order valence-electron chi connectivity index (χ4n) is 2.07. The minimum absolute atomic E-state index is 0.106. The number of nitrogens with zero attached hydrogens (tertiary/aromatic N) is 1. The molecule has 0 aromatic heterocycles. The molecular formula is C20H20FNO4. The van der Waals surface area contributed by atoms with Gasteiger partial charge in [0.15, 0.2) is 24.0 Å².